The Labute approximate surface area is 196 Å². The van der Waals surface area contributed by atoms with E-state index in [0.29, 0.717) is 55.2 Å². The van der Waals surface area contributed by atoms with E-state index in [1.807, 2.05) is 19.9 Å². The van der Waals surface area contributed by atoms with Crippen LogP contribution in [0.15, 0.2) is 24.7 Å². The summed E-state index contributed by atoms with van der Waals surface area (Å²) in [5.41, 5.74) is 3.77. The van der Waals surface area contributed by atoms with Gasteiger partial charge in [-0.2, -0.15) is 5.10 Å². The maximum atomic E-state index is 13.4. The van der Waals surface area contributed by atoms with Crippen LogP contribution in [0.25, 0.3) is 5.65 Å². The van der Waals surface area contributed by atoms with Gasteiger partial charge in [0.25, 0.3) is 5.91 Å². The number of aliphatic hydroxyl groups excluding tert-OH is 1. The summed E-state index contributed by atoms with van der Waals surface area (Å²) in [6.07, 6.45) is 5.00. The van der Waals surface area contributed by atoms with Gasteiger partial charge in [0.15, 0.2) is 11.4 Å². The summed E-state index contributed by atoms with van der Waals surface area (Å²) in [4.78, 5) is 31.5. The molecule has 2 aliphatic heterocycles. The largest absolute Gasteiger partial charge is 0.484 e. The van der Waals surface area contributed by atoms with E-state index in [1.54, 1.807) is 6.20 Å². The standard InChI is InChI=1S/C24H27N5O5/c1-14-20(28-4-6-33-7-5-28)19(8-16-9-24(3,13-30)34-21(14)16)27-23(32)18-11-26-29-12-17(15(2)31)10-25-22(18)29/h8,10-12,30H,4-7,9,13H2,1-3H3,(H,27,32)/t24-/m0/s1. The minimum atomic E-state index is -0.696. The molecule has 10 heteroatoms. The lowest BCUT2D eigenvalue weighted by Crippen LogP contribution is -2.37. The average Bonchev–Trinajstić information content (AvgIpc) is 3.40. The fourth-order valence-corrected chi connectivity index (χ4v) is 4.60. The second kappa shape index (κ2) is 8.37. The monoisotopic (exact) mass is 465 g/mol. The zero-order valence-corrected chi connectivity index (χ0v) is 19.4. The number of aromatic nitrogens is 3. The second-order valence-electron chi connectivity index (χ2n) is 9.05. The number of hydrogen-bond donors (Lipinski definition) is 2. The molecule has 178 valence electrons. The lowest BCUT2D eigenvalue weighted by Gasteiger charge is -2.32. The second-order valence-corrected chi connectivity index (χ2v) is 9.05. The molecule has 4 heterocycles. The smallest absolute Gasteiger partial charge is 0.261 e. The summed E-state index contributed by atoms with van der Waals surface area (Å²) in [6, 6.07) is 1.93. The predicted molar refractivity (Wildman–Crippen MR) is 125 cm³/mol. The van der Waals surface area contributed by atoms with Gasteiger partial charge in [0, 0.05) is 43.0 Å². The van der Waals surface area contributed by atoms with Crippen LogP contribution in [0.1, 0.15) is 45.7 Å². The van der Waals surface area contributed by atoms with Gasteiger partial charge in [-0.25, -0.2) is 9.50 Å². The maximum absolute atomic E-state index is 13.4. The third-order valence-corrected chi connectivity index (χ3v) is 6.39. The molecule has 10 nitrogen and oxygen atoms in total. The number of ether oxygens (including phenoxy) is 2. The SMILES string of the molecule is CC(=O)c1cnc2c(C(=O)Nc3cc4c(c(C)c3N3CCOCC3)O[C@](C)(CO)C4)cnn2c1. The molecule has 5 rings (SSSR count). The van der Waals surface area contributed by atoms with Crippen LogP contribution in [0.4, 0.5) is 11.4 Å². The first kappa shape index (κ1) is 22.3. The van der Waals surface area contributed by atoms with Crippen molar-refractivity contribution < 1.29 is 24.2 Å². The van der Waals surface area contributed by atoms with Gasteiger partial charge >= 0.3 is 0 Å². The van der Waals surface area contributed by atoms with E-state index in [4.69, 9.17) is 9.47 Å². The molecular formula is C24H27N5O5. The predicted octanol–water partition coefficient (Wildman–Crippen LogP) is 2.02. The van der Waals surface area contributed by atoms with Gasteiger partial charge < -0.3 is 24.8 Å². The number of fused-ring (bicyclic) bond motifs is 2. The number of nitrogens with one attached hydrogen (secondary N) is 1. The Bertz CT molecular complexity index is 1300. The molecule has 3 aromatic rings. The van der Waals surface area contributed by atoms with Crippen molar-refractivity contribution in [2.45, 2.75) is 32.8 Å². The highest BCUT2D eigenvalue weighted by Gasteiger charge is 2.37. The first-order valence-corrected chi connectivity index (χ1v) is 11.2. The first-order chi connectivity index (χ1) is 16.3. The number of benzene rings is 1. The zero-order chi connectivity index (χ0) is 24.0. The number of carbonyl (C=O) groups excluding carboxylic acids is 2. The molecule has 2 aromatic heterocycles. The lowest BCUT2D eigenvalue weighted by molar-refractivity contribution is 0.0442. The van der Waals surface area contributed by atoms with E-state index in [9.17, 15) is 14.7 Å². The molecular weight excluding hydrogens is 438 g/mol. The number of carbonyl (C=O) groups is 2. The van der Waals surface area contributed by atoms with E-state index in [-0.39, 0.29) is 18.3 Å². The highest BCUT2D eigenvalue weighted by Crippen LogP contribution is 2.45. The minimum Gasteiger partial charge on any atom is -0.484 e. The Hall–Kier alpha value is -3.50. The molecule has 2 N–H and O–H groups in total. The Kier molecular flexibility index (Phi) is 5.49. The van der Waals surface area contributed by atoms with Crippen molar-refractivity contribution in [1.82, 2.24) is 14.6 Å². The fourth-order valence-electron chi connectivity index (χ4n) is 4.60. The highest BCUT2D eigenvalue weighted by molar-refractivity contribution is 6.10. The normalized spacial score (nSPS) is 19.7. The molecule has 1 atom stereocenters. The van der Waals surface area contributed by atoms with E-state index < -0.39 is 5.60 Å². The van der Waals surface area contributed by atoms with Gasteiger partial charge in [-0.15, -0.1) is 0 Å². The Morgan fingerprint density at radius 1 is 1.26 bits per heavy atom. The number of hydrogen-bond acceptors (Lipinski definition) is 8. The molecule has 0 radical (unpaired) electrons. The summed E-state index contributed by atoms with van der Waals surface area (Å²) in [5, 5.41) is 17.1. The van der Waals surface area contributed by atoms with Crippen molar-refractivity contribution in [3.05, 3.63) is 46.9 Å². The van der Waals surface area contributed by atoms with Gasteiger partial charge in [-0.1, -0.05) is 0 Å². The van der Waals surface area contributed by atoms with Crippen LogP contribution in [0.5, 0.6) is 5.75 Å². The number of morpholine rings is 1. The Morgan fingerprint density at radius 2 is 2.03 bits per heavy atom. The summed E-state index contributed by atoms with van der Waals surface area (Å²) in [7, 11) is 0. The molecule has 0 spiro atoms. The summed E-state index contributed by atoms with van der Waals surface area (Å²) < 4.78 is 13.1. The molecule has 2 aliphatic rings. The van der Waals surface area contributed by atoms with Gasteiger partial charge in [0.05, 0.1) is 43.0 Å². The third kappa shape index (κ3) is 3.78. The van der Waals surface area contributed by atoms with Gasteiger partial charge in [-0.05, 0) is 26.8 Å². The van der Waals surface area contributed by atoms with Crippen LogP contribution >= 0.6 is 0 Å². The lowest BCUT2D eigenvalue weighted by atomic mass is 9.97. The molecule has 34 heavy (non-hydrogen) atoms. The van der Waals surface area contributed by atoms with Crippen molar-refractivity contribution in [1.29, 1.82) is 0 Å². The molecule has 0 unspecified atom stereocenters. The Balaban J connectivity index is 1.54. The molecule has 0 saturated carbocycles. The van der Waals surface area contributed by atoms with E-state index in [0.717, 1.165) is 22.6 Å². The topological polar surface area (TPSA) is 118 Å². The molecule has 0 aliphatic carbocycles. The van der Waals surface area contributed by atoms with E-state index >= 15 is 0 Å². The zero-order valence-electron chi connectivity index (χ0n) is 19.4. The molecule has 1 fully saturated rings. The fraction of sp³-hybridized carbons (Fsp3) is 0.417. The van der Waals surface area contributed by atoms with Crippen LogP contribution in [-0.4, -0.2) is 69.9 Å². The molecule has 1 aromatic carbocycles. The van der Waals surface area contributed by atoms with E-state index in [2.05, 4.69) is 20.3 Å². The van der Waals surface area contributed by atoms with Crippen molar-refractivity contribution in [2.75, 3.05) is 43.1 Å². The van der Waals surface area contributed by atoms with Crippen molar-refractivity contribution >= 4 is 28.7 Å². The number of amides is 1. The minimum absolute atomic E-state index is 0.105. The highest BCUT2D eigenvalue weighted by atomic mass is 16.5. The van der Waals surface area contributed by atoms with Crippen LogP contribution in [0.3, 0.4) is 0 Å². The Morgan fingerprint density at radius 3 is 2.74 bits per heavy atom. The van der Waals surface area contributed by atoms with Gasteiger partial charge in [0.1, 0.15) is 16.9 Å². The van der Waals surface area contributed by atoms with Crippen molar-refractivity contribution in [2.24, 2.45) is 0 Å². The maximum Gasteiger partial charge on any atom is 0.261 e. The molecule has 0 bridgehead atoms. The third-order valence-electron chi connectivity index (χ3n) is 6.39. The van der Waals surface area contributed by atoms with Crippen LogP contribution < -0.4 is 15.0 Å². The van der Waals surface area contributed by atoms with Gasteiger partial charge in [-0.3, -0.25) is 9.59 Å². The van der Waals surface area contributed by atoms with E-state index in [1.165, 1.54) is 23.8 Å². The van der Waals surface area contributed by atoms with Crippen LogP contribution in [-0.2, 0) is 11.2 Å². The number of anilines is 2. The van der Waals surface area contributed by atoms with Gasteiger partial charge in [0.2, 0.25) is 0 Å². The number of Topliss-reactive ketones (excluding diaryl/α,β-unsaturated/α-hetero) is 1. The summed E-state index contributed by atoms with van der Waals surface area (Å²) >= 11 is 0. The number of nitrogens with zero attached hydrogens (tertiary/aromatic N) is 4. The van der Waals surface area contributed by atoms with Crippen LogP contribution in [0.2, 0.25) is 0 Å². The quantitative estimate of drug-likeness (QED) is 0.550. The number of aliphatic hydroxyl groups is 1. The number of ketones is 1. The van der Waals surface area contributed by atoms with Crippen molar-refractivity contribution in [3.8, 4) is 5.75 Å². The molecule has 1 amide bonds. The van der Waals surface area contributed by atoms with Crippen molar-refractivity contribution in [3.63, 3.8) is 0 Å². The van der Waals surface area contributed by atoms with Crippen LogP contribution in [0, 0.1) is 6.92 Å². The average molecular weight is 466 g/mol. The summed E-state index contributed by atoms with van der Waals surface area (Å²) in [6.45, 7) is 7.76. The first-order valence-electron chi connectivity index (χ1n) is 11.2. The number of rotatable bonds is 5. The summed E-state index contributed by atoms with van der Waals surface area (Å²) in [5.74, 6) is 0.276. The molecule has 1 saturated heterocycles.